The average Bonchev–Trinajstić information content (AvgIpc) is 3.11. The highest BCUT2D eigenvalue weighted by atomic mass is 32.1. The highest BCUT2D eigenvalue weighted by Crippen LogP contribution is 2.35. The molecule has 0 amide bonds. The van der Waals surface area contributed by atoms with Gasteiger partial charge in [-0.05, 0) is 36.5 Å². The first-order valence-electron chi connectivity index (χ1n) is 9.93. The predicted molar refractivity (Wildman–Crippen MR) is 113 cm³/mol. The molecule has 3 aromatic rings. The third kappa shape index (κ3) is 4.70. The van der Waals surface area contributed by atoms with Gasteiger partial charge in [-0.1, -0.05) is 6.07 Å². The molecule has 1 saturated heterocycles. The highest BCUT2D eigenvalue weighted by molar-refractivity contribution is 7.80. The van der Waals surface area contributed by atoms with E-state index in [9.17, 15) is 13.2 Å². The monoisotopic (exact) mass is 469 g/mol. The maximum atomic E-state index is 13.3. The molecule has 3 heterocycles. The highest BCUT2D eigenvalue weighted by Gasteiger charge is 2.33. The Morgan fingerprint density at radius 1 is 1.22 bits per heavy atom. The number of ether oxygens (including phenoxy) is 3. The molecule has 0 spiro atoms. The molecule has 8 nitrogen and oxygen atoms in total. The topological polar surface area (TPSA) is 97.3 Å². The molecular weight excluding hydrogens is 447 g/mol. The fourth-order valence-electron chi connectivity index (χ4n) is 3.54. The first-order valence-corrected chi connectivity index (χ1v) is 10.4. The first kappa shape index (κ1) is 22.5. The van der Waals surface area contributed by atoms with Crippen LogP contribution in [0.4, 0.5) is 19.0 Å². The number of methoxy groups -OCH3 is 1. The zero-order valence-corrected chi connectivity index (χ0v) is 18.1. The lowest BCUT2D eigenvalue weighted by Gasteiger charge is -2.21. The van der Waals surface area contributed by atoms with Crippen LogP contribution in [0.25, 0.3) is 11.2 Å². The Kier molecular flexibility index (Phi) is 6.33. The van der Waals surface area contributed by atoms with Gasteiger partial charge < -0.3 is 19.9 Å². The normalized spacial score (nSPS) is 15.3. The smallest absolute Gasteiger partial charge is 0.417 e. The molecule has 2 aromatic heterocycles. The summed E-state index contributed by atoms with van der Waals surface area (Å²) in [5.74, 6) is 0.417. The van der Waals surface area contributed by atoms with Gasteiger partial charge in [0.15, 0.2) is 17.0 Å². The fraction of sp³-hybridized carbons (Fsp3) is 0.450. The molecule has 1 fully saturated rings. The second-order valence-electron chi connectivity index (χ2n) is 7.46. The van der Waals surface area contributed by atoms with Crippen LogP contribution in [0.3, 0.4) is 0 Å². The summed E-state index contributed by atoms with van der Waals surface area (Å²) in [6, 6.07) is 4.12. The summed E-state index contributed by atoms with van der Waals surface area (Å²) < 4.78 is 57.8. The van der Waals surface area contributed by atoms with E-state index in [2.05, 4.69) is 27.6 Å². The summed E-state index contributed by atoms with van der Waals surface area (Å²) in [6.45, 7) is 1.81. The SMILES string of the molecule is COc1nc2c(N)nc(OCC3CCOCC3)nc2n1Cc1ccc(S)c(C(F)(F)F)c1. The van der Waals surface area contributed by atoms with Crippen molar-refractivity contribution in [1.29, 1.82) is 0 Å². The van der Waals surface area contributed by atoms with Crippen LogP contribution in [0.15, 0.2) is 23.1 Å². The molecule has 0 radical (unpaired) electrons. The summed E-state index contributed by atoms with van der Waals surface area (Å²) >= 11 is 3.92. The molecule has 0 bridgehead atoms. The van der Waals surface area contributed by atoms with Gasteiger partial charge in [0.2, 0.25) is 0 Å². The zero-order valence-electron chi connectivity index (χ0n) is 17.2. The van der Waals surface area contributed by atoms with Crippen LogP contribution < -0.4 is 15.2 Å². The number of benzene rings is 1. The van der Waals surface area contributed by atoms with E-state index >= 15 is 0 Å². The Bertz CT molecular complexity index is 1120. The Labute approximate surface area is 187 Å². The number of halogens is 3. The lowest BCUT2D eigenvalue weighted by Crippen LogP contribution is -2.22. The van der Waals surface area contributed by atoms with Gasteiger partial charge in [0, 0.05) is 18.1 Å². The molecule has 1 aliphatic rings. The number of imidazole rings is 1. The van der Waals surface area contributed by atoms with Crippen LogP contribution in [0, 0.1) is 5.92 Å². The average molecular weight is 469 g/mol. The molecule has 12 heteroatoms. The van der Waals surface area contributed by atoms with Gasteiger partial charge in [-0.15, -0.1) is 12.6 Å². The standard InChI is InChI=1S/C20H22F3N5O3S/c1-29-19-25-15-16(24)26-18(31-10-11-4-6-30-7-5-11)27-17(15)28(19)9-12-2-3-14(32)13(8-12)20(21,22)23/h2-3,8,11,32H,4-7,9-10H2,1H3,(H2,24,26,27). The quantitative estimate of drug-likeness (QED) is 0.533. The lowest BCUT2D eigenvalue weighted by atomic mass is 10.0. The second kappa shape index (κ2) is 9.02. The number of nitrogens with zero attached hydrogens (tertiary/aromatic N) is 4. The van der Waals surface area contributed by atoms with Gasteiger partial charge >= 0.3 is 12.2 Å². The second-order valence-corrected chi connectivity index (χ2v) is 7.95. The van der Waals surface area contributed by atoms with Crippen molar-refractivity contribution < 1.29 is 27.4 Å². The molecule has 0 atom stereocenters. The number of thiol groups is 1. The van der Waals surface area contributed by atoms with Crippen molar-refractivity contribution in [2.45, 2.75) is 30.5 Å². The summed E-state index contributed by atoms with van der Waals surface area (Å²) in [5.41, 5.74) is 6.19. The summed E-state index contributed by atoms with van der Waals surface area (Å²) in [5, 5.41) is 0. The van der Waals surface area contributed by atoms with E-state index in [-0.39, 0.29) is 34.8 Å². The first-order chi connectivity index (χ1) is 15.3. The van der Waals surface area contributed by atoms with E-state index in [0.717, 1.165) is 18.9 Å². The van der Waals surface area contributed by atoms with Crippen LogP contribution in [-0.4, -0.2) is 46.4 Å². The maximum absolute atomic E-state index is 13.3. The molecule has 0 saturated carbocycles. The Morgan fingerprint density at radius 2 is 1.97 bits per heavy atom. The van der Waals surface area contributed by atoms with Gasteiger partial charge in [0.1, 0.15) is 0 Å². The van der Waals surface area contributed by atoms with Crippen molar-refractivity contribution in [2.75, 3.05) is 32.7 Å². The largest absolute Gasteiger partial charge is 0.468 e. The summed E-state index contributed by atoms with van der Waals surface area (Å²) in [6.07, 6.45) is -2.76. The molecule has 2 N–H and O–H groups in total. The van der Waals surface area contributed by atoms with Crippen LogP contribution in [-0.2, 0) is 17.5 Å². The van der Waals surface area contributed by atoms with Crippen molar-refractivity contribution in [1.82, 2.24) is 19.5 Å². The van der Waals surface area contributed by atoms with E-state index < -0.39 is 11.7 Å². The number of hydrogen-bond acceptors (Lipinski definition) is 8. The number of aromatic nitrogens is 4. The van der Waals surface area contributed by atoms with Gasteiger partial charge in [0.25, 0.3) is 6.01 Å². The van der Waals surface area contributed by atoms with Gasteiger partial charge in [-0.3, -0.25) is 4.57 Å². The molecule has 32 heavy (non-hydrogen) atoms. The van der Waals surface area contributed by atoms with Crippen molar-refractivity contribution in [2.24, 2.45) is 5.92 Å². The Balaban J connectivity index is 1.66. The van der Waals surface area contributed by atoms with Crippen molar-refractivity contribution >= 4 is 29.6 Å². The van der Waals surface area contributed by atoms with E-state index in [1.54, 1.807) is 6.07 Å². The van der Waals surface area contributed by atoms with Gasteiger partial charge in [0.05, 0.1) is 25.8 Å². The molecule has 0 unspecified atom stereocenters. The minimum atomic E-state index is -4.52. The van der Waals surface area contributed by atoms with E-state index in [1.807, 2.05) is 0 Å². The zero-order chi connectivity index (χ0) is 22.9. The van der Waals surface area contributed by atoms with Crippen molar-refractivity contribution in [3.05, 3.63) is 29.3 Å². The number of hydrogen-bond donors (Lipinski definition) is 2. The molecule has 4 rings (SSSR count). The number of rotatable bonds is 6. The molecular formula is C20H22F3N5O3S. The number of nitrogen functional groups attached to an aromatic ring is 1. The van der Waals surface area contributed by atoms with Crippen LogP contribution in [0.2, 0.25) is 0 Å². The van der Waals surface area contributed by atoms with Crippen LogP contribution in [0.1, 0.15) is 24.0 Å². The summed E-state index contributed by atoms with van der Waals surface area (Å²) in [4.78, 5) is 12.7. The third-order valence-corrected chi connectivity index (χ3v) is 5.63. The maximum Gasteiger partial charge on any atom is 0.417 e. The van der Waals surface area contributed by atoms with Crippen LogP contribution >= 0.6 is 12.6 Å². The molecule has 1 aromatic carbocycles. The number of alkyl halides is 3. The molecule has 0 aliphatic carbocycles. The number of anilines is 1. The van der Waals surface area contributed by atoms with Crippen molar-refractivity contribution in [3.8, 4) is 12.0 Å². The summed E-state index contributed by atoms with van der Waals surface area (Å²) in [7, 11) is 1.40. The fourth-order valence-corrected chi connectivity index (χ4v) is 3.81. The van der Waals surface area contributed by atoms with E-state index in [0.29, 0.717) is 36.9 Å². The van der Waals surface area contributed by atoms with Crippen LogP contribution in [0.5, 0.6) is 12.0 Å². The van der Waals surface area contributed by atoms with Gasteiger partial charge in [-0.2, -0.15) is 28.1 Å². The molecule has 172 valence electrons. The van der Waals surface area contributed by atoms with Crippen molar-refractivity contribution in [3.63, 3.8) is 0 Å². The Hall–Kier alpha value is -2.73. The third-order valence-electron chi connectivity index (χ3n) is 5.24. The minimum Gasteiger partial charge on any atom is -0.468 e. The Morgan fingerprint density at radius 3 is 2.66 bits per heavy atom. The number of fused-ring (bicyclic) bond motifs is 1. The molecule has 1 aliphatic heterocycles. The van der Waals surface area contributed by atoms with E-state index in [4.69, 9.17) is 19.9 Å². The lowest BCUT2D eigenvalue weighted by molar-refractivity contribution is -0.139. The van der Waals surface area contributed by atoms with Gasteiger partial charge in [-0.25, -0.2) is 0 Å². The minimum absolute atomic E-state index is 0.0205. The van der Waals surface area contributed by atoms with E-state index in [1.165, 1.54) is 17.7 Å². The predicted octanol–water partition coefficient (Wildman–Crippen LogP) is 3.58. The number of nitrogens with two attached hydrogens (primary N) is 1.